The van der Waals surface area contributed by atoms with Gasteiger partial charge in [0.05, 0.1) is 12.8 Å². The molecule has 1 aromatic heterocycles. The van der Waals surface area contributed by atoms with Crippen LogP contribution in [-0.4, -0.2) is 18.1 Å². The second-order valence-electron chi connectivity index (χ2n) is 4.39. The van der Waals surface area contributed by atoms with Crippen LogP contribution in [0.2, 0.25) is 0 Å². The standard InChI is InChI=1S/C17H17NO3/c1-13(19)21-17(15-8-5-6-12-18-15)11-10-14-7-3-4-9-16(14)20-2/h3-12,17H,1-2H3/b11-10+. The summed E-state index contributed by atoms with van der Waals surface area (Å²) in [4.78, 5) is 15.5. The molecule has 21 heavy (non-hydrogen) atoms. The highest BCUT2D eigenvalue weighted by molar-refractivity contribution is 5.67. The van der Waals surface area contributed by atoms with Gasteiger partial charge in [0, 0.05) is 18.7 Å². The van der Waals surface area contributed by atoms with Crippen LogP contribution in [0, 0.1) is 0 Å². The van der Waals surface area contributed by atoms with Gasteiger partial charge >= 0.3 is 5.97 Å². The normalized spacial score (nSPS) is 12.1. The van der Waals surface area contributed by atoms with E-state index in [9.17, 15) is 4.79 Å². The van der Waals surface area contributed by atoms with E-state index in [1.807, 2.05) is 48.5 Å². The summed E-state index contributed by atoms with van der Waals surface area (Å²) < 4.78 is 10.6. The van der Waals surface area contributed by atoms with Gasteiger partial charge in [0.1, 0.15) is 5.75 Å². The van der Waals surface area contributed by atoms with Gasteiger partial charge in [-0.3, -0.25) is 9.78 Å². The zero-order valence-electron chi connectivity index (χ0n) is 12.0. The van der Waals surface area contributed by atoms with Gasteiger partial charge in [0.2, 0.25) is 0 Å². The van der Waals surface area contributed by atoms with E-state index in [0.29, 0.717) is 5.69 Å². The topological polar surface area (TPSA) is 48.4 Å². The molecule has 0 aliphatic carbocycles. The van der Waals surface area contributed by atoms with Gasteiger partial charge in [-0.15, -0.1) is 0 Å². The minimum absolute atomic E-state index is 0.352. The summed E-state index contributed by atoms with van der Waals surface area (Å²) in [6, 6.07) is 13.1. The molecule has 1 aromatic carbocycles. The quantitative estimate of drug-likeness (QED) is 0.789. The first kappa shape index (κ1) is 14.8. The Morgan fingerprint density at radius 1 is 1.19 bits per heavy atom. The van der Waals surface area contributed by atoms with Gasteiger partial charge in [0.15, 0.2) is 6.10 Å². The SMILES string of the molecule is COc1ccccc1/C=C/C(OC(C)=O)c1ccccn1. The molecule has 0 spiro atoms. The lowest BCUT2D eigenvalue weighted by molar-refractivity contribution is -0.144. The summed E-state index contributed by atoms with van der Waals surface area (Å²) in [6.07, 6.45) is 4.81. The Labute approximate surface area is 124 Å². The number of nitrogens with zero attached hydrogens (tertiary/aromatic N) is 1. The molecule has 0 saturated heterocycles. The maximum absolute atomic E-state index is 11.3. The predicted octanol–water partition coefficient (Wildman–Crippen LogP) is 3.41. The smallest absolute Gasteiger partial charge is 0.303 e. The fourth-order valence-corrected chi connectivity index (χ4v) is 1.92. The molecule has 0 aliphatic heterocycles. The Morgan fingerprint density at radius 3 is 2.62 bits per heavy atom. The number of aromatic nitrogens is 1. The fourth-order valence-electron chi connectivity index (χ4n) is 1.92. The van der Waals surface area contributed by atoms with E-state index < -0.39 is 6.10 Å². The summed E-state index contributed by atoms with van der Waals surface area (Å²) in [6.45, 7) is 1.38. The number of ether oxygens (including phenoxy) is 2. The second-order valence-corrected chi connectivity index (χ2v) is 4.39. The molecular formula is C17H17NO3. The number of para-hydroxylation sites is 1. The summed E-state index contributed by atoms with van der Waals surface area (Å²) in [5, 5.41) is 0. The van der Waals surface area contributed by atoms with E-state index in [1.165, 1.54) is 6.92 Å². The number of esters is 1. The van der Waals surface area contributed by atoms with Crippen molar-refractivity contribution in [3.8, 4) is 5.75 Å². The molecule has 0 N–H and O–H groups in total. The van der Waals surface area contributed by atoms with E-state index in [0.717, 1.165) is 11.3 Å². The van der Waals surface area contributed by atoms with Gasteiger partial charge in [-0.25, -0.2) is 0 Å². The molecule has 1 unspecified atom stereocenters. The molecule has 108 valence electrons. The highest BCUT2D eigenvalue weighted by Gasteiger charge is 2.12. The van der Waals surface area contributed by atoms with Crippen LogP contribution in [0.25, 0.3) is 6.08 Å². The average Bonchev–Trinajstić information content (AvgIpc) is 2.52. The van der Waals surface area contributed by atoms with Gasteiger partial charge < -0.3 is 9.47 Å². The van der Waals surface area contributed by atoms with Crippen LogP contribution in [0.5, 0.6) is 5.75 Å². The lowest BCUT2D eigenvalue weighted by Gasteiger charge is -2.12. The molecule has 2 aromatic rings. The summed E-state index contributed by atoms with van der Waals surface area (Å²) in [5.74, 6) is 0.409. The number of pyridine rings is 1. The van der Waals surface area contributed by atoms with Gasteiger partial charge in [-0.2, -0.15) is 0 Å². The van der Waals surface area contributed by atoms with E-state index in [4.69, 9.17) is 9.47 Å². The molecule has 0 saturated carbocycles. The average molecular weight is 283 g/mol. The number of carbonyl (C=O) groups is 1. The lowest BCUT2D eigenvalue weighted by atomic mass is 10.1. The van der Waals surface area contributed by atoms with E-state index in [2.05, 4.69) is 4.98 Å². The van der Waals surface area contributed by atoms with E-state index in [-0.39, 0.29) is 5.97 Å². The van der Waals surface area contributed by atoms with Crippen molar-refractivity contribution in [2.75, 3.05) is 7.11 Å². The number of methoxy groups -OCH3 is 1. The first-order chi connectivity index (χ1) is 10.2. The molecule has 1 atom stereocenters. The third kappa shape index (κ3) is 4.18. The first-order valence-corrected chi connectivity index (χ1v) is 6.60. The summed E-state index contributed by atoms with van der Waals surface area (Å²) in [5.41, 5.74) is 1.59. The van der Waals surface area contributed by atoms with Crippen molar-refractivity contribution in [1.82, 2.24) is 4.98 Å². The lowest BCUT2D eigenvalue weighted by Crippen LogP contribution is -2.07. The number of rotatable bonds is 5. The van der Waals surface area contributed by atoms with Crippen LogP contribution in [0.3, 0.4) is 0 Å². The number of benzene rings is 1. The Hall–Kier alpha value is -2.62. The van der Waals surface area contributed by atoms with Gasteiger partial charge in [-0.05, 0) is 24.3 Å². The van der Waals surface area contributed by atoms with Crippen LogP contribution < -0.4 is 4.74 Å². The Bertz CT molecular complexity index is 623. The minimum Gasteiger partial charge on any atom is -0.496 e. The monoisotopic (exact) mass is 283 g/mol. The van der Waals surface area contributed by atoms with E-state index >= 15 is 0 Å². The van der Waals surface area contributed by atoms with Crippen molar-refractivity contribution in [2.45, 2.75) is 13.0 Å². The van der Waals surface area contributed by atoms with Gasteiger partial charge in [0.25, 0.3) is 0 Å². The van der Waals surface area contributed by atoms with Crippen molar-refractivity contribution in [3.63, 3.8) is 0 Å². The molecule has 1 heterocycles. The Kier molecular flexibility index (Phi) is 5.10. The maximum Gasteiger partial charge on any atom is 0.303 e. The highest BCUT2D eigenvalue weighted by atomic mass is 16.5. The summed E-state index contributed by atoms with van der Waals surface area (Å²) in [7, 11) is 1.62. The van der Waals surface area contributed by atoms with Gasteiger partial charge in [-0.1, -0.05) is 30.3 Å². The molecule has 0 radical (unpaired) electrons. The second kappa shape index (κ2) is 7.24. The van der Waals surface area contributed by atoms with Crippen molar-refractivity contribution >= 4 is 12.0 Å². The third-order valence-electron chi connectivity index (χ3n) is 2.86. The number of hydrogen-bond acceptors (Lipinski definition) is 4. The van der Waals surface area contributed by atoms with Crippen LogP contribution in [0.4, 0.5) is 0 Å². The van der Waals surface area contributed by atoms with Crippen molar-refractivity contribution in [3.05, 3.63) is 66.0 Å². The van der Waals surface area contributed by atoms with E-state index in [1.54, 1.807) is 19.4 Å². The summed E-state index contributed by atoms with van der Waals surface area (Å²) >= 11 is 0. The molecule has 0 fully saturated rings. The first-order valence-electron chi connectivity index (χ1n) is 6.60. The van der Waals surface area contributed by atoms with Crippen LogP contribution >= 0.6 is 0 Å². The molecular weight excluding hydrogens is 266 g/mol. The largest absolute Gasteiger partial charge is 0.496 e. The minimum atomic E-state index is -0.520. The molecule has 0 amide bonds. The van der Waals surface area contributed by atoms with Crippen molar-refractivity contribution in [2.24, 2.45) is 0 Å². The third-order valence-corrected chi connectivity index (χ3v) is 2.86. The van der Waals surface area contributed by atoms with Crippen LogP contribution in [0.1, 0.15) is 24.3 Å². The maximum atomic E-state index is 11.3. The molecule has 0 bridgehead atoms. The Morgan fingerprint density at radius 2 is 1.95 bits per heavy atom. The predicted molar refractivity (Wildman–Crippen MR) is 80.8 cm³/mol. The molecule has 4 heteroatoms. The van der Waals surface area contributed by atoms with Crippen LogP contribution in [0.15, 0.2) is 54.7 Å². The molecule has 0 aliphatic rings. The highest BCUT2D eigenvalue weighted by Crippen LogP contribution is 2.23. The number of hydrogen-bond donors (Lipinski definition) is 0. The Balaban J connectivity index is 2.26. The molecule has 2 rings (SSSR count). The molecule has 4 nitrogen and oxygen atoms in total. The van der Waals surface area contributed by atoms with Crippen molar-refractivity contribution in [1.29, 1.82) is 0 Å². The van der Waals surface area contributed by atoms with Crippen molar-refractivity contribution < 1.29 is 14.3 Å². The zero-order valence-corrected chi connectivity index (χ0v) is 12.0. The number of carbonyl (C=O) groups excluding carboxylic acids is 1. The van der Waals surface area contributed by atoms with Crippen LogP contribution in [-0.2, 0) is 9.53 Å². The zero-order chi connectivity index (χ0) is 15.1. The fraction of sp³-hybridized carbons (Fsp3) is 0.176.